The number of hydrogen-bond donors (Lipinski definition) is 0. The molecule has 2 nitrogen and oxygen atoms in total. The summed E-state index contributed by atoms with van der Waals surface area (Å²) >= 11 is 6.15. The number of aromatic nitrogens is 2. The Balaban J connectivity index is 2.19. The third-order valence-electron chi connectivity index (χ3n) is 2.78. The van der Waals surface area contributed by atoms with Gasteiger partial charge in [-0.3, -0.25) is 0 Å². The number of rotatable bonds is 1. The van der Waals surface area contributed by atoms with Crippen molar-refractivity contribution in [3.05, 3.63) is 59.1 Å². The molecule has 0 fully saturated rings. The lowest BCUT2D eigenvalue weighted by Crippen LogP contribution is -1.85. The molecule has 0 unspecified atom stereocenters. The molecule has 0 radical (unpaired) electrons. The second-order valence-corrected chi connectivity index (χ2v) is 4.64. The minimum Gasteiger partial charge on any atom is -0.305 e. The molecular formula is C14H10ClFN2. The molecule has 0 spiro atoms. The lowest BCUT2D eigenvalue weighted by Gasteiger charge is -1.97. The summed E-state index contributed by atoms with van der Waals surface area (Å²) in [7, 11) is 0. The number of nitrogens with zero attached hydrogens (tertiary/aromatic N) is 2. The number of fused-ring (bicyclic) bond motifs is 1. The Hall–Kier alpha value is -1.87. The molecule has 3 aromatic rings. The first-order chi connectivity index (χ1) is 8.63. The molecule has 3 rings (SSSR count). The van der Waals surface area contributed by atoms with Gasteiger partial charge in [0.1, 0.15) is 5.82 Å². The van der Waals surface area contributed by atoms with E-state index in [0.29, 0.717) is 10.7 Å². The smallest absolute Gasteiger partial charge is 0.156 e. The minimum atomic E-state index is -0.253. The Labute approximate surface area is 109 Å². The molecular weight excluding hydrogens is 251 g/mol. The number of imidazole rings is 1. The monoisotopic (exact) mass is 260 g/mol. The highest BCUT2D eigenvalue weighted by Gasteiger charge is 2.07. The number of pyridine rings is 1. The van der Waals surface area contributed by atoms with Gasteiger partial charge in [-0.15, -0.1) is 0 Å². The Bertz CT molecular complexity index is 716. The molecule has 0 bridgehead atoms. The highest BCUT2D eigenvalue weighted by atomic mass is 35.5. The van der Waals surface area contributed by atoms with Crippen LogP contribution in [0.25, 0.3) is 16.9 Å². The van der Waals surface area contributed by atoms with E-state index in [0.717, 1.165) is 16.8 Å². The van der Waals surface area contributed by atoms with Gasteiger partial charge in [-0.25, -0.2) is 9.37 Å². The zero-order valence-corrected chi connectivity index (χ0v) is 10.4. The highest BCUT2D eigenvalue weighted by molar-refractivity contribution is 6.33. The molecule has 2 heterocycles. The van der Waals surface area contributed by atoms with Crippen LogP contribution in [0.2, 0.25) is 5.02 Å². The van der Waals surface area contributed by atoms with E-state index in [-0.39, 0.29) is 5.82 Å². The van der Waals surface area contributed by atoms with E-state index in [1.165, 1.54) is 12.1 Å². The third-order valence-corrected chi connectivity index (χ3v) is 3.06. The second-order valence-electron chi connectivity index (χ2n) is 4.23. The summed E-state index contributed by atoms with van der Waals surface area (Å²) < 4.78 is 14.8. The molecule has 18 heavy (non-hydrogen) atoms. The quantitative estimate of drug-likeness (QED) is 0.644. The van der Waals surface area contributed by atoms with Gasteiger partial charge < -0.3 is 4.40 Å². The number of benzene rings is 1. The molecule has 2 aromatic heterocycles. The van der Waals surface area contributed by atoms with Crippen molar-refractivity contribution in [1.82, 2.24) is 9.38 Å². The first kappa shape index (κ1) is 11.2. The van der Waals surface area contributed by atoms with Crippen molar-refractivity contribution in [2.24, 2.45) is 0 Å². The van der Waals surface area contributed by atoms with Crippen molar-refractivity contribution in [3.63, 3.8) is 0 Å². The largest absolute Gasteiger partial charge is 0.305 e. The van der Waals surface area contributed by atoms with Crippen LogP contribution in [-0.2, 0) is 0 Å². The first-order valence-electron chi connectivity index (χ1n) is 5.54. The van der Waals surface area contributed by atoms with Crippen LogP contribution in [0.1, 0.15) is 5.56 Å². The summed E-state index contributed by atoms with van der Waals surface area (Å²) in [5, 5.41) is 0.614. The molecule has 4 heteroatoms. The molecule has 0 saturated heterocycles. The number of hydrogen-bond acceptors (Lipinski definition) is 1. The Morgan fingerprint density at radius 1 is 1.17 bits per heavy atom. The van der Waals surface area contributed by atoms with Gasteiger partial charge in [-0.1, -0.05) is 11.6 Å². The lowest BCUT2D eigenvalue weighted by molar-refractivity contribution is 0.628. The van der Waals surface area contributed by atoms with Crippen LogP contribution in [0.15, 0.2) is 42.7 Å². The van der Waals surface area contributed by atoms with E-state index >= 15 is 0 Å². The van der Waals surface area contributed by atoms with E-state index < -0.39 is 0 Å². The van der Waals surface area contributed by atoms with Crippen LogP contribution in [0.4, 0.5) is 4.39 Å². The molecule has 0 atom stereocenters. The van der Waals surface area contributed by atoms with Gasteiger partial charge in [0.15, 0.2) is 5.65 Å². The highest BCUT2D eigenvalue weighted by Crippen LogP contribution is 2.24. The molecule has 0 amide bonds. The van der Waals surface area contributed by atoms with Crippen molar-refractivity contribution in [2.45, 2.75) is 6.92 Å². The summed E-state index contributed by atoms with van der Waals surface area (Å²) in [6.07, 6.45) is 3.85. The zero-order valence-electron chi connectivity index (χ0n) is 9.69. The van der Waals surface area contributed by atoms with E-state index in [2.05, 4.69) is 4.98 Å². The van der Waals surface area contributed by atoms with E-state index in [1.807, 2.05) is 29.8 Å². The van der Waals surface area contributed by atoms with Crippen LogP contribution in [0.3, 0.4) is 0 Å². The van der Waals surface area contributed by atoms with Gasteiger partial charge in [-0.2, -0.15) is 0 Å². The first-order valence-corrected chi connectivity index (χ1v) is 5.92. The molecule has 1 aromatic carbocycles. The van der Waals surface area contributed by atoms with Crippen LogP contribution in [0, 0.1) is 12.7 Å². The summed E-state index contributed by atoms with van der Waals surface area (Å²) in [6.45, 7) is 1.98. The zero-order chi connectivity index (χ0) is 12.7. The van der Waals surface area contributed by atoms with E-state index in [1.54, 1.807) is 12.1 Å². The summed E-state index contributed by atoms with van der Waals surface area (Å²) in [5.41, 5.74) is 3.42. The normalized spacial score (nSPS) is 11.1. The Kier molecular flexibility index (Phi) is 2.56. The maximum absolute atomic E-state index is 12.9. The molecule has 0 saturated carbocycles. The van der Waals surface area contributed by atoms with E-state index in [4.69, 9.17) is 11.6 Å². The summed E-state index contributed by atoms with van der Waals surface area (Å²) in [4.78, 5) is 4.46. The maximum atomic E-state index is 12.9. The molecule has 0 aliphatic carbocycles. The summed E-state index contributed by atoms with van der Waals surface area (Å²) in [5.74, 6) is -0.253. The van der Waals surface area contributed by atoms with Gasteiger partial charge in [0.05, 0.1) is 10.7 Å². The van der Waals surface area contributed by atoms with Crippen molar-refractivity contribution in [2.75, 3.05) is 0 Å². The standard InChI is InChI=1S/C14H10ClFN2/c1-9-6-12(15)14-17-13(8-18(14)7-9)10-2-4-11(16)5-3-10/h2-8H,1H3. The Morgan fingerprint density at radius 3 is 2.61 bits per heavy atom. The second kappa shape index (κ2) is 4.10. The number of halogens is 2. The maximum Gasteiger partial charge on any atom is 0.156 e. The molecule has 0 aliphatic heterocycles. The van der Waals surface area contributed by atoms with Crippen LogP contribution < -0.4 is 0 Å². The van der Waals surface area contributed by atoms with Crippen molar-refractivity contribution >= 4 is 17.2 Å². The van der Waals surface area contributed by atoms with Crippen molar-refractivity contribution in [1.29, 1.82) is 0 Å². The average Bonchev–Trinajstić information content (AvgIpc) is 2.74. The van der Waals surface area contributed by atoms with Crippen LogP contribution >= 0.6 is 11.6 Å². The number of aryl methyl sites for hydroxylation is 1. The predicted octanol–water partition coefficient (Wildman–Crippen LogP) is 4.10. The van der Waals surface area contributed by atoms with Gasteiger partial charge in [0.2, 0.25) is 0 Å². The fourth-order valence-electron chi connectivity index (χ4n) is 1.95. The predicted molar refractivity (Wildman–Crippen MR) is 70.3 cm³/mol. The lowest BCUT2D eigenvalue weighted by atomic mass is 10.2. The van der Waals surface area contributed by atoms with Crippen molar-refractivity contribution in [3.8, 4) is 11.3 Å². The average molecular weight is 261 g/mol. The van der Waals surface area contributed by atoms with Crippen LogP contribution in [-0.4, -0.2) is 9.38 Å². The molecule has 90 valence electrons. The van der Waals surface area contributed by atoms with Gasteiger partial charge >= 0.3 is 0 Å². The van der Waals surface area contributed by atoms with Crippen LogP contribution in [0.5, 0.6) is 0 Å². The fraction of sp³-hybridized carbons (Fsp3) is 0.0714. The fourth-order valence-corrected chi connectivity index (χ4v) is 2.26. The molecule has 0 N–H and O–H groups in total. The summed E-state index contributed by atoms with van der Waals surface area (Å²) in [6, 6.07) is 8.13. The van der Waals surface area contributed by atoms with Gasteiger partial charge in [0, 0.05) is 18.0 Å². The van der Waals surface area contributed by atoms with E-state index in [9.17, 15) is 4.39 Å². The molecule has 0 aliphatic rings. The minimum absolute atomic E-state index is 0.253. The van der Waals surface area contributed by atoms with Crippen molar-refractivity contribution < 1.29 is 4.39 Å². The Morgan fingerprint density at radius 2 is 1.89 bits per heavy atom. The van der Waals surface area contributed by atoms with Gasteiger partial charge in [-0.05, 0) is 42.8 Å². The van der Waals surface area contributed by atoms with Gasteiger partial charge in [0.25, 0.3) is 0 Å². The third kappa shape index (κ3) is 1.87. The SMILES string of the molecule is Cc1cc(Cl)c2nc(-c3ccc(F)cc3)cn2c1. The topological polar surface area (TPSA) is 17.3 Å².